The summed E-state index contributed by atoms with van der Waals surface area (Å²) < 4.78 is 6.39. The third kappa shape index (κ3) is 4.98. The Labute approximate surface area is 180 Å². The Kier molecular flexibility index (Phi) is 6.82. The Morgan fingerprint density at radius 2 is 2.21 bits per heavy atom. The molecule has 28 heavy (non-hydrogen) atoms. The number of carbonyl (C=O) groups is 2. The molecular formula is C19H16BrN3O3S2. The van der Waals surface area contributed by atoms with Gasteiger partial charge in [-0.3, -0.25) is 19.5 Å². The van der Waals surface area contributed by atoms with Crippen LogP contribution < -0.4 is 10.1 Å². The molecule has 9 heteroatoms. The number of hydrogen-bond acceptors (Lipinski definition) is 6. The molecule has 1 fully saturated rings. The van der Waals surface area contributed by atoms with E-state index in [-0.39, 0.29) is 18.4 Å². The number of nitrogens with one attached hydrogen (secondary N) is 1. The highest BCUT2D eigenvalue weighted by Gasteiger charge is 2.31. The molecule has 1 N–H and O–H groups in total. The molecule has 1 aliphatic heterocycles. The summed E-state index contributed by atoms with van der Waals surface area (Å²) in [4.78, 5) is 30.8. The standard InChI is InChI=1S/C19H16BrN3O3S2/c1-26-15-4-2-3-12(7-15)8-16-18(25)23(19(27)28-16)6-5-22-17(24)13-9-14(20)11-21-10-13/h2-4,7-11H,5-6H2,1H3,(H,22,24)/b16-8+. The fourth-order valence-electron chi connectivity index (χ4n) is 2.49. The number of halogens is 1. The van der Waals surface area contributed by atoms with E-state index in [0.29, 0.717) is 27.1 Å². The zero-order valence-electron chi connectivity index (χ0n) is 14.8. The molecule has 1 aliphatic rings. The molecule has 1 saturated heterocycles. The van der Waals surface area contributed by atoms with Gasteiger partial charge >= 0.3 is 0 Å². The highest BCUT2D eigenvalue weighted by Crippen LogP contribution is 2.32. The van der Waals surface area contributed by atoms with Crippen molar-refractivity contribution in [2.45, 2.75) is 0 Å². The van der Waals surface area contributed by atoms with E-state index < -0.39 is 0 Å². The Bertz CT molecular complexity index is 965. The second-order valence-electron chi connectivity index (χ2n) is 5.76. The van der Waals surface area contributed by atoms with Gasteiger partial charge in [-0.1, -0.05) is 36.1 Å². The first kappa shape index (κ1) is 20.5. The largest absolute Gasteiger partial charge is 0.497 e. The molecule has 2 amide bonds. The Morgan fingerprint density at radius 1 is 1.39 bits per heavy atom. The van der Waals surface area contributed by atoms with E-state index in [1.165, 1.54) is 22.9 Å². The summed E-state index contributed by atoms with van der Waals surface area (Å²) in [5.74, 6) is 0.288. The van der Waals surface area contributed by atoms with Crippen LogP contribution >= 0.6 is 39.9 Å². The van der Waals surface area contributed by atoms with Gasteiger partial charge in [-0.2, -0.15) is 0 Å². The molecule has 3 rings (SSSR count). The average molecular weight is 478 g/mol. The smallest absolute Gasteiger partial charge is 0.266 e. The van der Waals surface area contributed by atoms with Crippen molar-refractivity contribution in [3.05, 3.63) is 63.2 Å². The maximum atomic E-state index is 12.7. The molecule has 1 aromatic carbocycles. The minimum atomic E-state index is -0.258. The molecule has 0 spiro atoms. The van der Waals surface area contributed by atoms with Gasteiger partial charge in [0.1, 0.15) is 10.1 Å². The topological polar surface area (TPSA) is 71.5 Å². The SMILES string of the molecule is COc1cccc(/C=C2/SC(=S)N(CCNC(=O)c3cncc(Br)c3)C2=O)c1. The first-order valence-corrected chi connectivity index (χ1v) is 10.3. The Morgan fingerprint density at radius 3 is 2.96 bits per heavy atom. The molecule has 2 heterocycles. The summed E-state index contributed by atoms with van der Waals surface area (Å²) >= 11 is 9.85. The Balaban J connectivity index is 1.60. The number of hydrogen-bond donors (Lipinski definition) is 1. The molecule has 0 atom stereocenters. The molecular weight excluding hydrogens is 462 g/mol. The van der Waals surface area contributed by atoms with E-state index in [0.717, 1.165) is 10.0 Å². The predicted octanol–water partition coefficient (Wildman–Crippen LogP) is 3.48. The van der Waals surface area contributed by atoms with E-state index in [2.05, 4.69) is 26.2 Å². The third-order valence-corrected chi connectivity index (χ3v) is 5.66. The number of ether oxygens (including phenoxy) is 1. The number of aromatic nitrogens is 1. The fourth-order valence-corrected chi connectivity index (χ4v) is 4.17. The summed E-state index contributed by atoms with van der Waals surface area (Å²) in [7, 11) is 1.59. The van der Waals surface area contributed by atoms with Crippen molar-refractivity contribution in [3.63, 3.8) is 0 Å². The summed E-state index contributed by atoms with van der Waals surface area (Å²) in [6.07, 6.45) is 4.87. The summed E-state index contributed by atoms with van der Waals surface area (Å²) in [6, 6.07) is 9.11. The monoisotopic (exact) mass is 477 g/mol. The summed E-state index contributed by atoms with van der Waals surface area (Å²) in [6.45, 7) is 0.581. The highest BCUT2D eigenvalue weighted by molar-refractivity contribution is 9.10. The van der Waals surface area contributed by atoms with Crippen molar-refractivity contribution in [3.8, 4) is 5.75 Å². The number of amides is 2. The van der Waals surface area contributed by atoms with Crippen LogP contribution in [0.3, 0.4) is 0 Å². The number of pyridine rings is 1. The number of carbonyl (C=O) groups excluding carboxylic acids is 2. The van der Waals surface area contributed by atoms with Gasteiger partial charge < -0.3 is 10.1 Å². The van der Waals surface area contributed by atoms with Crippen molar-refractivity contribution < 1.29 is 14.3 Å². The lowest BCUT2D eigenvalue weighted by Crippen LogP contribution is -2.37. The van der Waals surface area contributed by atoms with Crippen LogP contribution in [0.25, 0.3) is 6.08 Å². The predicted molar refractivity (Wildman–Crippen MR) is 117 cm³/mol. The van der Waals surface area contributed by atoms with E-state index >= 15 is 0 Å². The molecule has 0 radical (unpaired) electrons. The number of benzene rings is 1. The molecule has 6 nitrogen and oxygen atoms in total. The van der Waals surface area contributed by atoms with Crippen LogP contribution in [0.4, 0.5) is 0 Å². The molecule has 0 bridgehead atoms. The van der Waals surface area contributed by atoms with Crippen LogP contribution in [0.2, 0.25) is 0 Å². The Hall–Kier alpha value is -2.23. The second kappa shape index (κ2) is 9.31. The van der Waals surface area contributed by atoms with Crippen LogP contribution in [0, 0.1) is 0 Å². The summed E-state index contributed by atoms with van der Waals surface area (Å²) in [5.41, 5.74) is 1.30. The van der Waals surface area contributed by atoms with Crippen molar-refractivity contribution in [2.75, 3.05) is 20.2 Å². The van der Waals surface area contributed by atoms with E-state index in [9.17, 15) is 9.59 Å². The minimum Gasteiger partial charge on any atom is -0.497 e. The van der Waals surface area contributed by atoms with Gasteiger partial charge in [0.25, 0.3) is 11.8 Å². The van der Waals surface area contributed by atoms with Crippen molar-refractivity contribution in [1.29, 1.82) is 0 Å². The van der Waals surface area contributed by atoms with Crippen LogP contribution in [-0.4, -0.2) is 46.2 Å². The van der Waals surface area contributed by atoms with Gasteiger partial charge in [0, 0.05) is 30.0 Å². The van der Waals surface area contributed by atoms with Gasteiger partial charge in [0.15, 0.2) is 0 Å². The van der Waals surface area contributed by atoms with Crippen LogP contribution in [0.1, 0.15) is 15.9 Å². The molecule has 144 valence electrons. The number of nitrogens with zero attached hydrogens (tertiary/aromatic N) is 2. The lowest BCUT2D eigenvalue weighted by atomic mass is 10.2. The zero-order chi connectivity index (χ0) is 20.1. The van der Waals surface area contributed by atoms with Gasteiger partial charge in [0.05, 0.1) is 17.6 Å². The van der Waals surface area contributed by atoms with Crippen molar-refractivity contribution in [2.24, 2.45) is 0 Å². The van der Waals surface area contributed by atoms with Crippen LogP contribution in [0.5, 0.6) is 5.75 Å². The van der Waals surface area contributed by atoms with Crippen molar-refractivity contribution >= 4 is 62.1 Å². The first-order valence-electron chi connectivity index (χ1n) is 8.26. The van der Waals surface area contributed by atoms with Crippen LogP contribution in [0.15, 0.2) is 52.1 Å². The zero-order valence-corrected chi connectivity index (χ0v) is 18.1. The van der Waals surface area contributed by atoms with Gasteiger partial charge in [-0.15, -0.1) is 0 Å². The van der Waals surface area contributed by atoms with Gasteiger partial charge in [-0.05, 0) is 45.8 Å². The number of thioether (sulfide) groups is 1. The summed E-state index contributed by atoms with van der Waals surface area (Å²) in [5, 5.41) is 2.78. The third-order valence-electron chi connectivity index (χ3n) is 3.85. The molecule has 0 aliphatic carbocycles. The second-order valence-corrected chi connectivity index (χ2v) is 8.35. The lowest BCUT2D eigenvalue weighted by molar-refractivity contribution is -0.122. The van der Waals surface area contributed by atoms with Crippen LogP contribution in [-0.2, 0) is 4.79 Å². The maximum Gasteiger partial charge on any atom is 0.266 e. The minimum absolute atomic E-state index is 0.170. The van der Waals surface area contributed by atoms with E-state index in [4.69, 9.17) is 17.0 Å². The average Bonchev–Trinajstić information content (AvgIpc) is 2.95. The molecule has 0 saturated carbocycles. The van der Waals surface area contributed by atoms with Gasteiger partial charge in [-0.25, -0.2) is 0 Å². The number of methoxy groups -OCH3 is 1. The molecule has 0 unspecified atom stereocenters. The van der Waals surface area contributed by atoms with E-state index in [1.807, 2.05) is 24.3 Å². The fraction of sp³-hybridized carbons (Fsp3) is 0.158. The van der Waals surface area contributed by atoms with Gasteiger partial charge in [0.2, 0.25) is 0 Å². The number of rotatable bonds is 6. The van der Waals surface area contributed by atoms with E-state index in [1.54, 1.807) is 25.4 Å². The quantitative estimate of drug-likeness (QED) is 0.507. The van der Waals surface area contributed by atoms with Crippen molar-refractivity contribution in [1.82, 2.24) is 15.2 Å². The normalized spacial score (nSPS) is 15.2. The first-order chi connectivity index (χ1) is 13.5. The maximum absolute atomic E-state index is 12.7. The molecule has 1 aromatic heterocycles. The number of thiocarbonyl (C=S) groups is 1. The highest BCUT2D eigenvalue weighted by atomic mass is 79.9. The molecule has 2 aromatic rings. The lowest BCUT2D eigenvalue weighted by Gasteiger charge is -2.14.